The van der Waals surface area contributed by atoms with E-state index in [0.717, 1.165) is 10.2 Å². The average molecular weight is 390 g/mol. The molecule has 2 aromatic heterocycles. The summed E-state index contributed by atoms with van der Waals surface area (Å²) in [5.41, 5.74) is 2.03. The molecule has 0 unspecified atom stereocenters. The second-order valence-corrected chi connectivity index (χ2v) is 8.03. The van der Waals surface area contributed by atoms with E-state index in [2.05, 4.69) is 27.3 Å². The van der Waals surface area contributed by atoms with E-state index >= 15 is 0 Å². The Morgan fingerprint density at radius 1 is 1.04 bits per heavy atom. The molecule has 1 aliphatic rings. The van der Waals surface area contributed by atoms with Gasteiger partial charge in [-0.2, -0.15) is 4.98 Å². The summed E-state index contributed by atoms with van der Waals surface area (Å²) in [7, 11) is 0. The molecule has 5 rings (SSSR count). The molecule has 2 aromatic carbocycles. The van der Waals surface area contributed by atoms with E-state index < -0.39 is 0 Å². The molecule has 0 N–H and O–H groups in total. The summed E-state index contributed by atoms with van der Waals surface area (Å²) in [5, 5.41) is 4.47. The van der Waals surface area contributed by atoms with Crippen LogP contribution in [0, 0.1) is 6.92 Å². The number of nitrogens with zero attached hydrogens (tertiary/aromatic N) is 4. The van der Waals surface area contributed by atoms with Crippen molar-refractivity contribution in [3.8, 4) is 0 Å². The summed E-state index contributed by atoms with van der Waals surface area (Å²) in [4.78, 5) is 24.0. The van der Waals surface area contributed by atoms with Gasteiger partial charge < -0.3 is 9.42 Å². The molecule has 28 heavy (non-hydrogen) atoms. The number of thiazole rings is 1. The summed E-state index contributed by atoms with van der Waals surface area (Å²) >= 11 is 1.44. The van der Waals surface area contributed by atoms with Crippen molar-refractivity contribution in [3.63, 3.8) is 0 Å². The van der Waals surface area contributed by atoms with E-state index in [-0.39, 0.29) is 17.7 Å². The van der Waals surface area contributed by atoms with Gasteiger partial charge in [-0.1, -0.05) is 47.6 Å². The first-order valence-corrected chi connectivity index (χ1v) is 10.0. The smallest absolute Gasteiger partial charge is 0.282 e. The van der Waals surface area contributed by atoms with Crippen LogP contribution in [0.3, 0.4) is 0 Å². The second-order valence-electron chi connectivity index (χ2n) is 7.00. The van der Waals surface area contributed by atoms with Gasteiger partial charge in [0.2, 0.25) is 5.89 Å². The van der Waals surface area contributed by atoms with Crippen LogP contribution in [0.1, 0.15) is 38.9 Å². The predicted molar refractivity (Wildman–Crippen MR) is 106 cm³/mol. The monoisotopic (exact) mass is 390 g/mol. The van der Waals surface area contributed by atoms with Crippen LogP contribution in [0.15, 0.2) is 59.1 Å². The molecule has 0 bridgehead atoms. The van der Waals surface area contributed by atoms with E-state index in [4.69, 9.17) is 4.52 Å². The van der Waals surface area contributed by atoms with Crippen molar-refractivity contribution in [3.05, 3.63) is 76.9 Å². The summed E-state index contributed by atoms with van der Waals surface area (Å²) in [6.07, 6.45) is 0. The topological polar surface area (TPSA) is 72.1 Å². The molecule has 2 atom stereocenters. The molecule has 3 heterocycles. The van der Waals surface area contributed by atoms with Crippen molar-refractivity contribution in [2.75, 3.05) is 13.1 Å². The fourth-order valence-corrected chi connectivity index (χ4v) is 4.75. The first-order chi connectivity index (χ1) is 13.7. The third kappa shape index (κ3) is 2.97. The van der Waals surface area contributed by atoms with Gasteiger partial charge in [0.1, 0.15) is 0 Å². The number of aromatic nitrogens is 3. The number of hydrogen-bond donors (Lipinski definition) is 0. The van der Waals surface area contributed by atoms with Crippen LogP contribution >= 0.6 is 11.3 Å². The third-order valence-corrected chi connectivity index (χ3v) is 6.20. The Hall–Kier alpha value is -3.06. The zero-order valence-electron chi connectivity index (χ0n) is 15.3. The van der Waals surface area contributed by atoms with E-state index in [0.29, 0.717) is 29.8 Å². The maximum Gasteiger partial charge on any atom is 0.282 e. The summed E-state index contributed by atoms with van der Waals surface area (Å²) in [6, 6.07) is 18.0. The minimum Gasteiger partial charge on any atom is -0.339 e. The summed E-state index contributed by atoms with van der Waals surface area (Å²) < 4.78 is 6.49. The maximum atomic E-state index is 13.2. The molecule has 6 nitrogen and oxygen atoms in total. The van der Waals surface area contributed by atoms with E-state index in [9.17, 15) is 4.79 Å². The molecule has 1 amide bonds. The molecular formula is C21H18N4O2S. The molecule has 4 aromatic rings. The summed E-state index contributed by atoms with van der Waals surface area (Å²) in [5.74, 6) is 1.24. The van der Waals surface area contributed by atoms with Gasteiger partial charge in [-0.3, -0.25) is 4.79 Å². The lowest BCUT2D eigenvalue weighted by Gasteiger charge is -2.15. The molecule has 140 valence electrons. The van der Waals surface area contributed by atoms with Crippen molar-refractivity contribution >= 4 is 27.5 Å². The summed E-state index contributed by atoms with van der Waals surface area (Å²) in [6.45, 7) is 2.95. The lowest BCUT2D eigenvalue weighted by molar-refractivity contribution is 0.0788. The molecule has 0 spiro atoms. The largest absolute Gasteiger partial charge is 0.339 e. The van der Waals surface area contributed by atoms with Crippen LogP contribution in [0.2, 0.25) is 0 Å². The second kappa shape index (κ2) is 6.83. The van der Waals surface area contributed by atoms with Crippen LogP contribution < -0.4 is 0 Å². The minimum absolute atomic E-state index is 0.0260. The number of aryl methyl sites for hydroxylation is 1. The highest BCUT2D eigenvalue weighted by atomic mass is 32.1. The van der Waals surface area contributed by atoms with Crippen molar-refractivity contribution in [1.82, 2.24) is 20.0 Å². The number of hydrogen-bond acceptors (Lipinski definition) is 6. The Labute approximate surface area is 165 Å². The number of rotatable bonds is 3. The van der Waals surface area contributed by atoms with Gasteiger partial charge in [0.15, 0.2) is 10.8 Å². The van der Waals surface area contributed by atoms with Crippen LogP contribution in [0.4, 0.5) is 0 Å². The van der Waals surface area contributed by atoms with Gasteiger partial charge in [-0.25, -0.2) is 4.98 Å². The van der Waals surface area contributed by atoms with Crippen LogP contribution in [0.5, 0.6) is 0 Å². The van der Waals surface area contributed by atoms with Crippen molar-refractivity contribution in [2.45, 2.75) is 18.8 Å². The van der Waals surface area contributed by atoms with Gasteiger partial charge in [-0.15, -0.1) is 11.3 Å². The van der Waals surface area contributed by atoms with Gasteiger partial charge in [-0.05, 0) is 24.6 Å². The number of fused-ring (bicyclic) bond motifs is 1. The van der Waals surface area contributed by atoms with Gasteiger partial charge in [0.25, 0.3) is 5.91 Å². The van der Waals surface area contributed by atoms with E-state index in [1.54, 1.807) is 0 Å². The van der Waals surface area contributed by atoms with Crippen molar-refractivity contribution < 1.29 is 9.32 Å². The van der Waals surface area contributed by atoms with Crippen LogP contribution in [0.25, 0.3) is 10.2 Å². The van der Waals surface area contributed by atoms with Crippen LogP contribution in [-0.2, 0) is 0 Å². The van der Waals surface area contributed by atoms with E-state index in [1.165, 1.54) is 16.9 Å². The standard InChI is InChI=1S/C21H18N4O2S/c1-13-22-19(27-24-13)16-12-25(11-15(16)14-7-3-2-4-8-14)21(26)20-23-17-9-5-6-10-18(17)28-20/h2-10,15-16H,11-12H2,1H3/t15-,16-/m1/s1. The Kier molecular flexibility index (Phi) is 4.16. The fourth-order valence-electron chi connectivity index (χ4n) is 3.82. The zero-order valence-corrected chi connectivity index (χ0v) is 16.1. The molecule has 0 radical (unpaired) electrons. The van der Waals surface area contributed by atoms with Gasteiger partial charge >= 0.3 is 0 Å². The van der Waals surface area contributed by atoms with Gasteiger partial charge in [0.05, 0.1) is 16.1 Å². The third-order valence-electron chi connectivity index (χ3n) is 5.17. The fraction of sp³-hybridized carbons (Fsp3) is 0.238. The number of carbonyl (C=O) groups is 1. The molecular weight excluding hydrogens is 372 g/mol. The minimum atomic E-state index is -0.0409. The highest BCUT2D eigenvalue weighted by Crippen LogP contribution is 2.39. The quantitative estimate of drug-likeness (QED) is 0.528. The number of carbonyl (C=O) groups excluding carboxylic acids is 1. The first kappa shape index (κ1) is 17.1. The SMILES string of the molecule is Cc1noc([C@@H]2CN(C(=O)c3nc4ccccc4s3)C[C@@H]2c2ccccc2)n1. The molecule has 7 heteroatoms. The lowest BCUT2D eigenvalue weighted by atomic mass is 9.89. The number of benzene rings is 2. The highest BCUT2D eigenvalue weighted by molar-refractivity contribution is 7.20. The molecule has 0 saturated carbocycles. The molecule has 0 aliphatic carbocycles. The predicted octanol–water partition coefficient (Wildman–Crippen LogP) is 4.01. The number of para-hydroxylation sites is 1. The average Bonchev–Trinajstić information content (AvgIpc) is 3.45. The van der Waals surface area contributed by atoms with Gasteiger partial charge in [0, 0.05) is 19.0 Å². The highest BCUT2D eigenvalue weighted by Gasteiger charge is 2.41. The molecule has 1 fully saturated rings. The van der Waals surface area contributed by atoms with Crippen molar-refractivity contribution in [2.24, 2.45) is 0 Å². The van der Waals surface area contributed by atoms with Crippen molar-refractivity contribution in [1.29, 1.82) is 0 Å². The Balaban J connectivity index is 1.48. The first-order valence-electron chi connectivity index (χ1n) is 9.19. The number of likely N-dealkylation sites (tertiary alicyclic amines) is 1. The zero-order chi connectivity index (χ0) is 19.1. The Bertz CT molecular complexity index is 1100. The maximum absolute atomic E-state index is 13.2. The van der Waals surface area contributed by atoms with E-state index in [1.807, 2.05) is 54.3 Å². The lowest BCUT2D eigenvalue weighted by Crippen LogP contribution is -2.28. The molecule has 1 saturated heterocycles. The Morgan fingerprint density at radius 2 is 1.79 bits per heavy atom. The Morgan fingerprint density at radius 3 is 2.54 bits per heavy atom. The normalized spacial score (nSPS) is 19.4. The number of amides is 1. The molecule has 1 aliphatic heterocycles. The van der Waals surface area contributed by atoms with Crippen LogP contribution in [-0.4, -0.2) is 39.0 Å².